The van der Waals surface area contributed by atoms with Crippen LogP contribution in [0.1, 0.15) is 25.8 Å². The summed E-state index contributed by atoms with van der Waals surface area (Å²) < 4.78 is 11.3. The highest BCUT2D eigenvalue weighted by atomic mass is 35.5. The van der Waals surface area contributed by atoms with Gasteiger partial charge in [-0.25, -0.2) is 0 Å². The lowest BCUT2D eigenvalue weighted by atomic mass is 10.2. The number of anilines is 1. The number of rotatable bonds is 8. The number of nitrogens with one attached hydrogen (secondary N) is 1. The molecule has 138 valence electrons. The van der Waals surface area contributed by atoms with Gasteiger partial charge in [0.05, 0.1) is 28.9 Å². The van der Waals surface area contributed by atoms with E-state index >= 15 is 0 Å². The van der Waals surface area contributed by atoms with Gasteiger partial charge in [0.2, 0.25) is 5.91 Å². The molecule has 6 heteroatoms. The van der Waals surface area contributed by atoms with Crippen LogP contribution in [0.4, 0.5) is 5.69 Å². The molecule has 2 aromatic rings. The van der Waals surface area contributed by atoms with Crippen LogP contribution < -0.4 is 14.8 Å². The monoisotopic (exact) mass is 393 g/mol. The standard InChI is InChI=1S/C20H21Cl2NO3/c1-3-12-26-17-10-8-14(13-18(17)25-4-2)9-11-19(24)23-16-7-5-6-15(21)20(16)22/h5-11,13H,3-4,12H2,1-2H3,(H,23,24)/b11-9+. The Bertz CT molecular complexity index is 791. The number of hydrogen-bond acceptors (Lipinski definition) is 3. The molecule has 2 aromatic carbocycles. The Kier molecular flexibility index (Phi) is 7.82. The van der Waals surface area contributed by atoms with Crippen LogP contribution in [-0.4, -0.2) is 19.1 Å². The van der Waals surface area contributed by atoms with Crippen molar-refractivity contribution in [3.05, 3.63) is 58.1 Å². The van der Waals surface area contributed by atoms with Gasteiger partial charge in [-0.15, -0.1) is 0 Å². The SMILES string of the molecule is CCCOc1ccc(/C=C/C(=O)Nc2cccc(Cl)c2Cl)cc1OCC. The second kappa shape index (κ2) is 10.1. The van der Waals surface area contributed by atoms with Gasteiger partial charge in [0.15, 0.2) is 11.5 Å². The minimum atomic E-state index is -0.307. The van der Waals surface area contributed by atoms with Crippen molar-refractivity contribution in [2.45, 2.75) is 20.3 Å². The number of ether oxygens (including phenoxy) is 2. The van der Waals surface area contributed by atoms with Crippen molar-refractivity contribution < 1.29 is 14.3 Å². The summed E-state index contributed by atoms with van der Waals surface area (Å²) in [4.78, 5) is 12.1. The molecule has 0 spiro atoms. The van der Waals surface area contributed by atoms with Gasteiger partial charge in [-0.2, -0.15) is 0 Å². The minimum Gasteiger partial charge on any atom is -0.490 e. The van der Waals surface area contributed by atoms with Crippen molar-refractivity contribution in [3.63, 3.8) is 0 Å². The summed E-state index contributed by atoms with van der Waals surface area (Å²) in [7, 11) is 0. The lowest BCUT2D eigenvalue weighted by Crippen LogP contribution is -2.08. The average molecular weight is 394 g/mol. The molecule has 1 N–H and O–H groups in total. The maximum Gasteiger partial charge on any atom is 0.248 e. The molecule has 0 atom stereocenters. The fourth-order valence-electron chi connectivity index (χ4n) is 2.17. The van der Waals surface area contributed by atoms with Gasteiger partial charge in [-0.1, -0.05) is 42.3 Å². The van der Waals surface area contributed by atoms with E-state index in [1.54, 1.807) is 24.3 Å². The molecule has 0 fully saturated rings. The van der Waals surface area contributed by atoms with Crippen molar-refractivity contribution in [3.8, 4) is 11.5 Å². The fraction of sp³-hybridized carbons (Fsp3) is 0.250. The van der Waals surface area contributed by atoms with E-state index < -0.39 is 0 Å². The first-order valence-corrected chi connectivity index (χ1v) is 9.13. The van der Waals surface area contributed by atoms with E-state index in [1.807, 2.05) is 32.0 Å². The number of carbonyl (C=O) groups excluding carboxylic acids is 1. The van der Waals surface area contributed by atoms with Crippen LogP contribution in [0.25, 0.3) is 6.08 Å². The Hall–Kier alpha value is -2.17. The van der Waals surface area contributed by atoms with Crippen LogP contribution in [-0.2, 0) is 4.79 Å². The predicted molar refractivity (Wildman–Crippen MR) is 108 cm³/mol. The molecule has 0 aliphatic rings. The van der Waals surface area contributed by atoms with Crippen LogP contribution in [0.3, 0.4) is 0 Å². The highest BCUT2D eigenvalue weighted by Gasteiger charge is 2.07. The van der Waals surface area contributed by atoms with Crippen LogP contribution in [0.2, 0.25) is 10.0 Å². The number of benzene rings is 2. The molecule has 0 heterocycles. The molecule has 1 amide bonds. The van der Waals surface area contributed by atoms with E-state index in [1.165, 1.54) is 6.08 Å². The normalized spacial score (nSPS) is 10.8. The topological polar surface area (TPSA) is 47.6 Å². The van der Waals surface area contributed by atoms with Crippen LogP contribution >= 0.6 is 23.2 Å². The van der Waals surface area contributed by atoms with Gasteiger partial charge in [0, 0.05) is 6.08 Å². The van der Waals surface area contributed by atoms with Crippen molar-refractivity contribution in [2.24, 2.45) is 0 Å². The minimum absolute atomic E-state index is 0.307. The summed E-state index contributed by atoms with van der Waals surface area (Å²) in [5, 5.41) is 3.40. The predicted octanol–water partition coefficient (Wildman–Crippen LogP) is 5.83. The molecule has 0 aliphatic heterocycles. The van der Waals surface area contributed by atoms with Crippen LogP contribution in [0, 0.1) is 0 Å². The highest BCUT2D eigenvalue weighted by Crippen LogP contribution is 2.30. The van der Waals surface area contributed by atoms with E-state index in [0.29, 0.717) is 40.4 Å². The van der Waals surface area contributed by atoms with Gasteiger partial charge >= 0.3 is 0 Å². The van der Waals surface area contributed by atoms with Gasteiger partial charge in [0.25, 0.3) is 0 Å². The summed E-state index contributed by atoms with van der Waals surface area (Å²) >= 11 is 12.0. The molecular formula is C20H21Cl2NO3. The Labute approximate surface area is 163 Å². The largest absolute Gasteiger partial charge is 0.490 e. The van der Waals surface area contributed by atoms with E-state index in [9.17, 15) is 4.79 Å². The zero-order valence-corrected chi connectivity index (χ0v) is 16.2. The van der Waals surface area contributed by atoms with E-state index in [-0.39, 0.29) is 5.91 Å². The molecule has 0 saturated carbocycles. The van der Waals surface area contributed by atoms with Gasteiger partial charge in [0.1, 0.15) is 0 Å². The third-order valence-electron chi connectivity index (χ3n) is 3.37. The van der Waals surface area contributed by atoms with E-state index in [4.69, 9.17) is 32.7 Å². The first-order valence-electron chi connectivity index (χ1n) is 8.37. The first-order chi connectivity index (χ1) is 12.5. The Morgan fingerprint density at radius 3 is 2.65 bits per heavy atom. The molecule has 0 aromatic heterocycles. The lowest BCUT2D eigenvalue weighted by Gasteiger charge is -2.12. The summed E-state index contributed by atoms with van der Waals surface area (Å²) in [5.74, 6) is 1.04. The zero-order chi connectivity index (χ0) is 18.9. The van der Waals surface area contributed by atoms with Crippen molar-refractivity contribution in [1.29, 1.82) is 0 Å². The molecule has 0 unspecified atom stereocenters. The fourth-order valence-corrected chi connectivity index (χ4v) is 2.52. The quantitative estimate of drug-likeness (QED) is 0.573. The third-order valence-corrected chi connectivity index (χ3v) is 4.18. The second-order valence-electron chi connectivity index (χ2n) is 5.41. The summed E-state index contributed by atoms with van der Waals surface area (Å²) in [6.07, 6.45) is 4.04. The van der Waals surface area contributed by atoms with Crippen molar-refractivity contribution in [2.75, 3.05) is 18.5 Å². The summed E-state index contributed by atoms with van der Waals surface area (Å²) in [5.41, 5.74) is 1.29. The molecule has 4 nitrogen and oxygen atoms in total. The van der Waals surface area contributed by atoms with Gasteiger partial charge < -0.3 is 14.8 Å². The van der Waals surface area contributed by atoms with Gasteiger partial charge in [-0.05, 0) is 49.2 Å². The second-order valence-corrected chi connectivity index (χ2v) is 6.20. The maximum atomic E-state index is 12.1. The van der Waals surface area contributed by atoms with E-state index in [2.05, 4.69) is 5.32 Å². The zero-order valence-electron chi connectivity index (χ0n) is 14.7. The van der Waals surface area contributed by atoms with Gasteiger partial charge in [-0.3, -0.25) is 4.79 Å². The average Bonchev–Trinajstić information content (AvgIpc) is 2.63. The number of amides is 1. The third kappa shape index (κ3) is 5.68. The molecule has 0 aliphatic carbocycles. The smallest absolute Gasteiger partial charge is 0.248 e. The maximum absolute atomic E-state index is 12.1. The molecule has 26 heavy (non-hydrogen) atoms. The highest BCUT2D eigenvalue weighted by molar-refractivity contribution is 6.44. The van der Waals surface area contributed by atoms with E-state index in [0.717, 1.165) is 12.0 Å². The van der Waals surface area contributed by atoms with Crippen LogP contribution in [0.15, 0.2) is 42.5 Å². The molecular weight excluding hydrogens is 373 g/mol. The Morgan fingerprint density at radius 2 is 1.92 bits per heavy atom. The molecule has 0 radical (unpaired) electrons. The van der Waals surface area contributed by atoms with Crippen LogP contribution in [0.5, 0.6) is 11.5 Å². The summed E-state index contributed by atoms with van der Waals surface area (Å²) in [6.45, 7) is 5.11. The number of carbonyl (C=O) groups is 1. The number of hydrogen-bond donors (Lipinski definition) is 1. The number of halogens is 2. The first kappa shape index (κ1) is 20.1. The molecule has 0 saturated heterocycles. The Morgan fingerprint density at radius 1 is 1.12 bits per heavy atom. The van der Waals surface area contributed by atoms with Crippen molar-refractivity contribution >= 4 is 40.9 Å². The van der Waals surface area contributed by atoms with Crippen molar-refractivity contribution in [1.82, 2.24) is 0 Å². The molecule has 2 rings (SSSR count). The lowest BCUT2D eigenvalue weighted by molar-refractivity contribution is -0.111. The summed E-state index contributed by atoms with van der Waals surface area (Å²) in [6, 6.07) is 10.6. The molecule has 0 bridgehead atoms. The Balaban J connectivity index is 2.09.